The third-order valence-electron chi connectivity index (χ3n) is 5.47. The molecular formula is C25H25NO2. The molecule has 3 aromatic rings. The highest BCUT2D eigenvalue weighted by Crippen LogP contribution is 2.26. The lowest BCUT2D eigenvalue weighted by atomic mass is 9.90. The molecule has 0 aromatic heterocycles. The number of nitrogens with one attached hydrogen (secondary N) is 1. The second-order valence-corrected chi connectivity index (χ2v) is 7.28. The van der Waals surface area contributed by atoms with E-state index in [1.807, 2.05) is 60.7 Å². The molecule has 0 bridgehead atoms. The lowest BCUT2D eigenvalue weighted by Crippen LogP contribution is -2.29. The van der Waals surface area contributed by atoms with Gasteiger partial charge < -0.3 is 10.1 Å². The van der Waals surface area contributed by atoms with Crippen LogP contribution in [0.5, 0.6) is 5.75 Å². The zero-order valence-electron chi connectivity index (χ0n) is 16.2. The maximum atomic E-state index is 13.1. The molecule has 3 nitrogen and oxygen atoms in total. The van der Waals surface area contributed by atoms with E-state index in [1.165, 1.54) is 24.0 Å². The Morgan fingerprint density at radius 2 is 1.54 bits per heavy atom. The quantitative estimate of drug-likeness (QED) is 0.678. The molecule has 1 amide bonds. The summed E-state index contributed by atoms with van der Waals surface area (Å²) in [6.45, 7) is 0. The summed E-state index contributed by atoms with van der Waals surface area (Å²) < 4.78 is 5.27. The molecule has 1 aliphatic rings. The minimum Gasteiger partial charge on any atom is -0.497 e. The number of benzene rings is 3. The molecule has 3 heteroatoms. The molecule has 0 fully saturated rings. The maximum absolute atomic E-state index is 13.1. The Labute approximate surface area is 166 Å². The zero-order valence-corrected chi connectivity index (χ0v) is 16.2. The van der Waals surface area contributed by atoms with Gasteiger partial charge >= 0.3 is 0 Å². The van der Waals surface area contributed by atoms with E-state index < -0.39 is 0 Å². The minimum atomic E-state index is -0.212. The van der Waals surface area contributed by atoms with Gasteiger partial charge in [0.1, 0.15) is 5.75 Å². The van der Waals surface area contributed by atoms with Gasteiger partial charge in [0.2, 0.25) is 0 Å². The highest BCUT2D eigenvalue weighted by molar-refractivity contribution is 5.95. The molecule has 1 N–H and O–H groups in total. The van der Waals surface area contributed by atoms with Crippen LogP contribution in [-0.2, 0) is 12.8 Å². The molecule has 0 spiro atoms. The number of hydrogen-bond donors (Lipinski definition) is 1. The van der Waals surface area contributed by atoms with Crippen molar-refractivity contribution < 1.29 is 9.53 Å². The number of methoxy groups -OCH3 is 1. The van der Waals surface area contributed by atoms with E-state index in [0.29, 0.717) is 0 Å². The highest BCUT2D eigenvalue weighted by atomic mass is 16.5. The fraction of sp³-hybridized carbons (Fsp3) is 0.240. The van der Waals surface area contributed by atoms with Crippen molar-refractivity contribution in [2.75, 3.05) is 7.11 Å². The van der Waals surface area contributed by atoms with Gasteiger partial charge in [0.05, 0.1) is 13.2 Å². The van der Waals surface area contributed by atoms with Crippen LogP contribution in [-0.4, -0.2) is 13.0 Å². The first-order valence-electron chi connectivity index (χ1n) is 9.86. The number of amides is 1. The van der Waals surface area contributed by atoms with Crippen molar-refractivity contribution in [3.63, 3.8) is 0 Å². The van der Waals surface area contributed by atoms with E-state index in [1.54, 1.807) is 7.11 Å². The average molecular weight is 371 g/mol. The van der Waals surface area contributed by atoms with Crippen molar-refractivity contribution in [2.45, 2.75) is 31.7 Å². The van der Waals surface area contributed by atoms with Crippen molar-refractivity contribution in [2.24, 2.45) is 0 Å². The summed E-state index contributed by atoms with van der Waals surface area (Å²) in [5.74, 6) is 0.759. The van der Waals surface area contributed by atoms with Crippen molar-refractivity contribution in [3.8, 4) is 5.75 Å². The second-order valence-electron chi connectivity index (χ2n) is 7.28. The molecular weight excluding hydrogens is 346 g/mol. The molecule has 0 heterocycles. The molecule has 0 saturated heterocycles. The number of rotatable bonds is 5. The highest BCUT2D eigenvalue weighted by Gasteiger charge is 2.19. The van der Waals surface area contributed by atoms with Crippen LogP contribution < -0.4 is 10.1 Å². The lowest BCUT2D eigenvalue weighted by Gasteiger charge is -2.21. The van der Waals surface area contributed by atoms with Crippen molar-refractivity contribution in [1.82, 2.24) is 5.32 Å². The largest absolute Gasteiger partial charge is 0.497 e. The van der Waals surface area contributed by atoms with Gasteiger partial charge in [0.15, 0.2) is 0 Å². The van der Waals surface area contributed by atoms with Crippen LogP contribution in [0.15, 0.2) is 72.8 Å². The van der Waals surface area contributed by atoms with Crippen LogP contribution in [0.25, 0.3) is 0 Å². The van der Waals surface area contributed by atoms with Gasteiger partial charge in [0.25, 0.3) is 5.91 Å². The van der Waals surface area contributed by atoms with Gasteiger partial charge in [-0.15, -0.1) is 0 Å². The number of fused-ring (bicyclic) bond motifs is 1. The molecule has 3 aromatic carbocycles. The number of hydrogen-bond acceptors (Lipinski definition) is 2. The first-order valence-corrected chi connectivity index (χ1v) is 9.86. The smallest absolute Gasteiger partial charge is 0.252 e. The van der Waals surface area contributed by atoms with E-state index in [2.05, 4.69) is 17.4 Å². The van der Waals surface area contributed by atoms with Gasteiger partial charge in [-0.05, 0) is 72.2 Å². The predicted molar refractivity (Wildman–Crippen MR) is 112 cm³/mol. The first kappa shape index (κ1) is 18.3. The maximum Gasteiger partial charge on any atom is 0.252 e. The molecule has 0 aliphatic heterocycles. The topological polar surface area (TPSA) is 38.3 Å². The molecule has 28 heavy (non-hydrogen) atoms. The van der Waals surface area contributed by atoms with Crippen molar-refractivity contribution >= 4 is 5.91 Å². The molecule has 1 aliphatic carbocycles. The van der Waals surface area contributed by atoms with Crippen LogP contribution >= 0.6 is 0 Å². The minimum absolute atomic E-state index is 0.0435. The Hall–Kier alpha value is -3.07. The second kappa shape index (κ2) is 8.30. The van der Waals surface area contributed by atoms with Gasteiger partial charge in [0, 0.05) is 5.56 Å². The summed E-state index contributed by atoms with van der Waals surface area (Å²) in [7, 11) is 1.65. The third-order valence-corrected chi connectivity index (χ3v) is 5.47. The Morgan fingerprint density at radius 3 is 2.25 bits per heavy atom. The number of ether oxygens (including phenoxy) is 1. The van der Waals surface area contributed by atoms with Crippen LogP contribution in [0.2, 0.25) is 0 Å². The molecule has 142 valence electrons. The molecule has 0 radical (unpaired) electrons. The van der Waals surface area contributed by atoms with E-state index in [9.17, 15) is 4.79 Å². The van der Waals surface area contributed by atoms with Crippen LogP contribution in [0.3, 0.4) is 0 Å². The Balaban J connectivity index is 1.62. The SMILES string of the molecule is COc1ccc(C(NC(=O)c2ccc3c(c2)CCCC3)c2ccccc2)cc1. The van der Waals surface area contributed by atoms with E-state index >= 15 is 0 Å². The average Bonchev–Trinajstić information content (AvgIpc) is 2.77. The fourth-order valence-corrected chi connectivity index (χ4v) is 3.89. The third kappa shape index (κ3) is 3.94. The first-order chi connectivity index (χ1) is 13.7. The Morgan fingerprint density at radius 1 is 0.857 bits per heavy atom. The van der Waals surface area contributed by atoms with Crippen LogP contribution in [0.4, 0.5) is 0 Å². The monoisotopic (exact) mass is 371 g/mol. The molecule has 0 saturated carbocycles. The summed E-state index contributed by atoms with van der Waals surface area (Å²) in [5, 5.41) is 3.23. The van der Waals surface area contributed by atoms with E-state index in [0.717, 1.165) is 35.3 Å². The summed E-state index contributed by atoms with van der Waals surface area (Å²) in [6.07, 6.45) is 4.63. The van der Waals surface area contributed by atoms with E-state index in [-0.39, 0.29) is 11.9 Å². The summed E-state index contributed by atoms with van der Waals surface area (Å²) in [5.41, 5.74) is 5.52. The van der Waals surface area contributed by atoms with Crippen molar-refractivity contribution in [1.29, 1.82) is 0 Å². The lowest BCUT2D eigenvalue weighted by molar-refractivity contribution is 0.0943. The predicted octanol–water partition coefficient (Wildman–Crippen LogP) is 5.09. The van der Waals surface area contributed by atoms with Crippen LogP contribution in [0.1, 0.15) is 51.5 Å². The fourth-order valence-electron chi connectivity index (χ4n) is 3.89. The van der Waals surface area contributed by atoms with E-state index in [4.69, 9.17) is 4.74 Å². The summed E-state index contributed by atoms with van der Waals surface area (Å²) in [6, 6.07) is 23.9. The number of carbonyl (C=O) groups excluding carboxylic acids is 1. The molecule has 4 rings (SSSR count). The van der Waals surface area contributed by atoms with Gasteiger partial charge in [-0.25, -0.2) is 0 Å². The van der Waals surface area contributed by atoms with Crippen LogP contribution in [0, 0.1) is 0 Å². The van der Waals surface area contributed by atoms with Gasteiger partial charge in [-0.3, -0.25) is 4.79 Å². The molecule has 1 unspecified atom stereocenters. The zero-order chi connectivity index (χ0) is 19.3. The Kier molecular flexibility index (Phi) is 5.43. The number of carbonyl (C=O) groups is 1. The number of aryl methyl sites for hydroxylation is 2. The van der Waals surface area contributed by atoms with Gasteiger partial charge in [-0.2, -0.15) is 0 Å². The molecule has 1 atom stereocenters. The van der Waals surface area contributed by atoms with Crippen molar-refractivity contribution in [3.05, 3.63) is 101 Å². The summed E-state index contributed by atoms with van der Waals surface area (Å²) >= 11 is 0. The summed E-state index contributed by atoms with van der Waals surface area (Å²) in [4.78, 5) is 13.1. The standard InChI is InChI=1S/C25H25NO2/c1-28-23-15-13-20(14-16-23)24(19-8-3-2-4-9-19)26-25(27)22-12-11-18-7-5-6-10-21(18)17-22/h2-4,8-9,11-17,24H,5-7,10H2,1H3,(H,26,27). The van der Waals surface area contributed by atoms with Gasteiger partial charge in [-0.1, -0.05) is 48.5 Å². The normalized spacial score (nSPS) is 14.0. The Bertz CT molecular complexity index is 948.